The molecule has 3 rings (SSSR count). The lowest BCUT2D eigenvalue weighted by Crippen LogP contribution is -2.45. The Hall–Kier alpha value is -2.75. The molecule has 1 aliphatic rings. The van der Waals surface area contributed by atoms with Gasteiger partial charge in [0.1, 0.15) is 5.69 Å². The lowest BCUT2D eigenvalue weighted by Gasteiger charge is -2.34. The second-order valence-corrected chi connectivity index (χ2v) is 14.0. The number of nitrogens with one attached hydrogen (secondary N) is 1. The lowest BCUT2D eigenvalue weighted by molar-refractivity contribution is -0.138. The van der Waals surface area contributed by atoms with Crippen molar-refractivity contribution in [2.24, 2.45) is 0 Å². The number of benzene rings is 1. The quantitative estimate of drug-likeness (QED) is 0.459. The molecule has 216 valence electrons. The maximum Gasteiger partial charge on any atom is 0.417 e. The van der Waals surface area contributed by atoms with Crippen LogP contribution in [0.3, 0.4) is 0 Å². The molecule has 0 saturated heterocycles. The van der Waals surface area contributed by atoms with E-state index < -0.39 is 93.7 Å². The number of sulfone groups is 2. The average molecular weight is 605 g/mol. The second-order valence-electron chi connectivity index (χ2n) is 9.32. The van der Waals surface area contributed by atoms with Gasteiger partial charge in [-0.25, -0.2) is 26.2 Å². The standard InChI is InChI=1S/C23H23F7N2O5S2/c1-13(2)38(34,35)18-11-15(23(28,29)30)12-31-19(18)20(33)32-16-6-8-21(24,9-7-16)39(36,37)17-5-3-4-14(10-17)22(25,26)27/h3-5,10-13,16H,6-9H2,1-2H3,(H,32,33)/t16-,21+. The Labute approximate surface area is 219 Å². The summed E-state index contributed by atoms with van der Waals surface area (Å²) in [6.45, 7) is 2.40. The number of nitrogens with zero attached hydrogens (tertiary/aromatic N) is 1. The Bertz CT molecular complexity index is 1460. The molecule has 2 aromatic rings. The number of carbonyl (C=O) groups is 1. The first-order chi connectivity index (χ1) is 17.7. The predicted octanol–water partition coefficient (Wildman–Crippen LogP) is 5.11. The molecular weight excluding hydrogens is 581 g/mol. The predicted molar refractivity (Wildman–Crippen MR) is 124 cm³/mol. The Morgan fingerprint density at radius 1 is 0.974 bits per heavy atom. The molecule has 1 N–H and O–H groups in total. The molecule has 1 heterocycles. The van der Waals surface area contributed by atoms with Crippen LogP contribution < -0.4 is 5.32 Å². The van der Waals surface area contributed by atoms with E-state index in [2.05, 4.69) is 10.3 Å². The van der Waals surface area contributed by atoms with E-state index >= 15 is 4.39 Å². The molecule has 39 heavy (non-hydrogen) atoms. The van der Waals surface area contributed by atoms with E-state index in [0.29, 0.717) is 24.4 Å². The van der Waals surface area contributed by atoms with E-state index in [1.165, 1.54) is 13.8 Å². The number of rotatable bonds is 6. The van der Waals surface area contributed by atoms with Crippen molar-refractivity contribution in [3.8, 4) is 0 Å². The zero-order valence-corrected chi connectivity index (χ0v) is 22.0. The lowest BCUT2D eigenvalue weighted by atomic mass is 9.93. The van der Waals surface area contributed by atoms with Crippen LogP contribution in [-0.2, 0) is 32.0 Å². The Morgan fingerprint density at radius 3 is 2.05 bits per heavy atom. The summed E-state index contributed by atoms with van der Waals surface area (Å²) >= 11 is 0. The summed E-state index contributed by atoms with van der Waals surface area (Å²) in [5.74, 6) is -1.17. The van der Waals surface area contributed by atoms with Gasteiger partial charge in [-0.2, -0.15) is 26.3 Å². The fraction of sp³-hybridized carbons (Fsp3) is 0.478. The molecule has 1 fully saturated rings. The topological polar surface area (TPSA) is 110 Å². The van der Waals surface area contributed by atoms with E-state index in [-0.39, 0.29) is 12.8 Å². The Balaban J connectivity index is 1.82. The first-order valence-electron chi connectivity index (χ1n) is 11.4. The van der Waals surface area contributed by atoms with Crippen LogP contribution in [0.2, 0.25) is 0 Å². The summed E-state index contributed by atoms with van der Waals surface area (Å²) in [7, 11) is -9.28. The minimum atomic E-state index is -4.94. The van der Waals surface area contributed by atoms with Crippen LogP contribution in [0.4, 0.5) is 30.7 Å². The molecule has 7 nitrogen and oxygen atoms in total. The van der Waals surface area contributed by atoms with E-state index in [4.69, 9.17) is 0 Å². The molecule has 1 aromatic heterocycles. The largest absolute Gasteiger partial charge is 0.417 e. The van der Waals surface area contributed by atoms with Crippen molar-refractivity contribution in [2.75, 3.05) is 0 Å². The van der Waals surface area contributed by atoms with Crippen molar-refractivity contribution >= 4 is 25.6 Å². The maximum atomic E-state index is 15.6. The minimum Gasteiger partial charge on any atom is -0.348 e. The normalized spacial score (nSPS) is 21.1. The summed E-state index contributed by atoms with van der Waals surface area (Å²) in [4.78, 5) is 14.4. The summed E-state index contributed by atoms with van der Waals surface area (Å²) in [6, 6.07) is 2.03. The van der Waals surface area contributed by atoms with Crippen LogP contribution in [0.25, 0.3) is 0 Å². The van der Waals surface area contributed by atoms with Gasteiger partial charge < -0.3 is 5.32 Å². The van der Waals surface area contributed by atoms with Gasteiger partial charge in [-0.3, -0.25) is 4.79 Å². The number of aromatic nitrogens is 1. The van der Waals surface area contributed by atoms with Crippen LogP contribution in [0.1, 0.15) is 61.1 Å². The van der Waals surface area contributed by atoms with Gasteiger partial charge in [0, 0.05) is 12.2 Å². The fourth-order valence-corrected chi connectivity index (χ4v) is 6.96. The third kappa shape index (κ3) is 6.21. The maximum absolute atomic E-state index is 15.6. The first-order valence-corrected chi connectivity index (χ1v) is 14.5. The van der Waals surface area contributed by atoms with Crippen molar-refractivity contribution in [1.29, 1.82) is 0 Å². The summed E-state index contributed by atoms with van der Waals surface area (Å²) < 4.78 is 145. The molecular formula is C23H23F7N2O5S2. The molecule has 1 aliphatic carbocycles. The zero-order chi connectivity index (χ0) is 29.6. The summed E-state index contributed by atoms with van der Waals surface area (Å²) in [6.07, 6.45) is -11.6. The summed E-state index contributed by atoms with van der Waals surface area (Å²) in [5, 5.41) is -1.80. The van der Waals surface area contributed by atoms with Gasteiger partial charge in [0.2, 0.25) is 14.8 Å². The van der Waals surface area contributed by atoms with Crippen molar-refractivity contribution in [3.63, 3.8) is 0 Å². The Kier molecular flexibility index (Phi) is 8.16. The van der Waals surface area contributed by atoms with E-state index in [1.807, 2.05) is 0 Å². The van der Waals surface area contributed by atoms with Crippen LogP contribution in [0.15, 0.2) is 46.3 Å². The van der Waals surface area contributed by atoms with Crippen molar-refractivity contribution in [1.82, 2.24) is 10.3 Å². The van der Waals surface area contributed by atoms with E-state index in [9.17, 15) is 48.0 Å². The molecule has 16 heteroatoms. The Morgan fingerprint density at radius 2 is 1.54 bits per heavy atom. The van der Waals surface area contributed by atoms with Crippen molar-refractivity contribution in [2.45, 2.75) is 78.0 Å². The van der Waals surface area contributed by atoms with Gasteiger partial charge in [0.25, 0.3) is 5.91 Å². The van der Waals surface area contributed by atoms with E-state index in [0.717, 1.165) is 12.1 Å². The zero-order valence-electron chi connectivity index (χ0n) is 20.4. The molecule has 0 bridgehead atoms. The number of carbonyl (C=O) groups excluding carboxylic acids is 1. The third-order valence-corrected chi connectivity index (χ3v) is 10.8. The van der Waals surface area contributed by atoms with Gasteiger partial charge in [0.05, 0.1) is 26.2 Å². The number of alkyl halides is 7. The monoisotopic (exact) mass is 604 g/mol. The molecule has 0 unspecified atom stereocenters. The van der Waals surface area contributed by atoms with Crippen LogP contribution >= 0.6 is 0 Å². The highest BCUT2D eigenvalue weighted by atomic mass is 32.2. The first kappa shape index (κ1) is 30.8. The van der Waals surface area contributed by atoms with Crippen LogP contribution in [-0.4, -0.2) is 44.0 Å². The van der Waals surface area contributed by atoms with Gasteiger partial charge in [-0.1, -0.05) is 6.07 Å². The second kappa shape index (κ2) is 10.3. The number of amides is 1. The number of pyridine rings is 1. The number of hydrogen-bond acceptors (Lipinski definition) is 6. The smallest absolute Gasteiger partial charge is 0.348 e. The molecule has 1 amide bonds. The highest BCUT2D eigenvalue weighted by molar-refractivity contribution is 7.92. The van der Waals surface area contributed by atoms with E-state index in [1.54, 1.807) is 0 Å². The molecule has 0 radical (unpaired) electrons. The van der Waals surface area contributed by atoms with Gasteiger partial charge in [-0.05, 0) is 63.8 Å². The molecule has 1 saturated carbocycles. The number of hydrogen-bond donors (Lipinski definition) is 1. The van der Waals surface area contributed by atoms with Gasteiger partial charge in [-0.15, -0.1) is 0 Å². The van der Waals surface area contributed by atoms with Crippen LogP contribution in [0, 0.1) is 0 Å². The number of halogens is 7. The van der Waals surface area contributed by atoms with Crippen molar-refractivity contribution in [3.05, 3.63) is 53.3 Å². The fourth-order valence-electron chi connectivity index (χ4n) is 4.01. The van der Waals surface area contributed by atoms with Gasteiger partial charge in [0.15, 0.2) is 9.84 Å². The highest BCUT2D eigenvalue weighted by Crippen LogP contribution is 2.41. The van der Waals surface area contributed by atoms with Crippen molar-refractivity contribution < 1.29 is 52.4 Å². The molecule has 0 atom stereocenters. The highest BCUT2D eigenvalue weighted by Gasteiger charge is 2.48. The van der Waals surface area contributed by atoms with Crippen LogP contribution in [0.5, 0.6) is 0 Å². The SMILES string of the molecule is CC(C)S(=O)(=O)c1cc(C(F)(F)F)cnc1C(=O)N[C@H]1CC[C@@](F)(S(=O)(=O)c2cccc(C(F)(F)F)c2)CC1. The average Bonchev–Trinajstić information content (AvgIpc) is 2.84. The molecule has 0 spiro atoms. The molecule has 1 aromatic carbocycles. The van der Waals surface area contributed by atoms with Gasteiger partial charge >= 0.3 is 12.4 Å². The molecule has 0 aliphatic heterocycles. The summed E-state index contributed by atoms with van der Waals surface area (Å²) in [5.41, 5.74) is -3.48. The minimum absolute atomic E-state index is 0.295. The third-order valence-electron chi connectivity index (χ3n) is 6.34.